The Balaban J connectivity index is 2.11. The van der Waals surface area contributed by atoms with Crippen molar-refractivity contribution in [1.29, 1.82) is 0 Å². The summed E-state index contributed by atoms with van der Waals surface area (Å²) >= 11 is 6.57. The molecule has 2 nitrogen and oxygen atoms in total. The second-order valence-corrected chi connectivity index (χ2v) is 5.86. The number of rotatable bonds is 4. The number of carbonyl (C=O) groups excluding carboxylic acids is 1. The number of halogens is 3. The van der Waals surface area contributed by atoms with Crippen molar-refractivity contribution in [1.82, 2.24) is 0 Å². The van der Waals surface area contributed by atoms with Crippen molar-refractivity contribution in [2.24, 2.45) is 0 Å². The van der Waals surface area contributed by atoms with Crippen LogP contribution in [-0.4, -0.2) is 11.2 Å². The topological polar surface area (TPSA) is 29.1 Å². The molecule has 0 aromatic heterocycles. The fraction of sp³-hybridized carbons (Fsp3) is 0.133. The van der Waals surface area contributed by atoms with Gasteiger partial charge in [0.05, 0.1) is 5.56 Å². The molecule has 2 aromatic carbocycles. The fourth-order valence-corrected chi connectivity index (χ4v) is 2.72. The molecule has 1 N–H and O–H groups in total. The number of amides is 1. The molecule has 0 heterocycles. The molecular weight excluding hydrogens is 389 g/mol. The molecule has 2 aromatic rings. The predicted molar refractivity (Wildman–Crippen MR) is 86.0 cm³/mol. The van der Waals surface area contributed by atoms with Crippen molar-refractivity contribution in [3.05, 3.63) is 63.9 Å². The Kier molecular flexibility index (Phi) is 5.31. The van der Waals surface area contributed by atoms with Crippen LogP contribution in [0.25, 0.3) is 0 Å². The summed E-state index contributed by atoms with van der Waals surface area (Å²) < 4.78 is 13.4. The van der Waals surface area contributed by atoms with Crippen LogP contribution in [0.1, 0.15) is 15.9 Å². The number of aryl methyl sites for hydroxylation is 1. The molecule has 0 radical (unpaired) electrons. The zero-order valence-corrected chi connectivity index (χ0v) is 13.7. The average molecular weight is 401 g/mol. The summed E-state index contributed by atoms with van der Waals surface area (Å²) in [5.74, 6) is -0.655. The summed E-state index contributed by atoms with van der Waals surface area (Å²) in [7, 11) is 0. The van der Waals surface area contributed by atoms with Crippen molar-refractivity contribution in [3.8, 4) is 0 Å². The van der Waals surface area contributed by atoms with Crippen LogP contribution in [0.3, 0.4) is 0 Å². The highest BCUT2D eigenvalue weighted by Gasteiger charge is 2.10. The van der Waals surface area contributed by atoms with E-state index < -0.39 is 0 Å². The number of hydrogen-bond donors (Lipinski definition) is 1. The standard InChI is InChI=1S/C15H12Br2FNO/c16-8-7-10-1-4-12(5-2-10)19-15(20)13-6-3-11(18)9-14(13)17/h1-6,9H,7-8H2,(H,19,20). The van der Waals surface area contributed by atoms with Crippen LogP contribution < -0.4 is 5.32 Å². The largest absolute Gasteiger partial charge is 0.322 e. The number of benzene rings is 2. The van der Waals surface area contributed by atoms with Gasteiger partial charge < -0.3 is 5.32 Å². The van der Waals surface area contributed by atoms with Crippen molar-refractivity contribution in [2.45, 2.75) is 6.42 Å². The minimum Gasteiger partial charge on any atom is -0.322 e. The lowest BCUT2D eigenvalue weighted by Gasteiger charge is -2.08. The Morgan fingerprint density at radius 1 is 1.15 bits per heavy atom. The Hall–Kier alpha value is -1.20. The molecule has 0 saturated heterocycles. The fourth-order valence-electron chi connectivity index (χ4n) is 1.74. The summed E-state index contributed by atoms with van der Waals surface area (Å²) in [4.78, 5) is 12.1. The highest BCUT2D eigenvalue weighted by molar-refractivity contribution is 9.10. The van der Waals surface area contributed by atoms with Gasteiger partial charge in [-0.15, -0.1) is 0 Å². The summed E-state index contributed by atoms with van der Waals surface area (Å²) in [6.45, 7) is 0. The third-order valence-corrected chi connectivity index (χ3v) is 3.82. The van der Waals surface area contributed by atoms with Crippen molar-refractivity contribution >= 4 is 43.5 Å². The zero-order chi connectivity index (χ0) is 14.5. The minimum atomic E-state index is -0.382. The molecule has 0 fully saturated rings. The molecule has 0 unspecified atom stereocenters. The molecule has 0 spiro atoms. The molecule has 1 amide bonds. The van der Waals surface area contributed by atoms with E-state index in [-0.39, 0.29) is 11.7 Å². The second kappa shape index (κ2) is 6.99. The Morgan fingerprint density at radius 2 is 1.85 bits per heavy atom. The van der Waals surface area contributed by atoms with Crippen LogP contribution in [0, 0.1) is 5.82 Å². The molecule has 104 valence electrons. The third kappa shape index (κ3) is 3.90. The van der Waals surface area contributed by atoms with Gasteiger partial charge in [0.15, 0.2) is 0 Å². The average Bonchev–Trinajstić information content (AvgIpc) is 2.41. The maximum absolute atomic E-state index is 13.0. The van der Waals surface area contributed by atoms with E-state index in [0.29, 0.717) is 15.7 Å². The van der Waals surface area contributed by atoms with Gasteiger partial charge in [0.25, 0.3) is 5.91 Å². The van der Waals surface area contributed by atoms with Gasteiger partial charge in [0, 0.05) is 15.5 Å². The maximum atomic E-state index is 13.0. The molecule has 0 aliphatic carbocycles. The third-order valence-electron chi connectivity index (χ3n) is 2.77. The second-order valence-electron chi connectivity index (χ2n) is 4.21. The minimum absolute atomic E-state index is 0.273. The van der Waals surface area contributed by atoms with Crippen LogP contribution in [0.5, 0.6) is 0 Å². The number of alkyl halides is 1. The predicted octanol–water partition coefficient (Wildman–Crippen LogP) is 4.78. The van der Waals surface area contributed by atoms with Crippen LogP contribution in [0.15, 0.2) is 46.9 Å². The first-order valence-corrected chi connectivity index (χ1v) is 7.93. The summed E-state index contributed by atoms with van der Waals surface area (Å²) in [5, 5.41) is 3.69. The highest BCUT2D eigenvalue weighted by Crippen LogP contribution is 2.20. The highest BCUT2D eigenvalue weighted by atomic mass is 79.9. The van der Waals surface area contributed by atoms with Crippen LogP contribution >= 0.6 is 31.9 Å². The lowest BCUT2D eigenvalue weighted by atomic mass is 10.1. The van der Waals surface area contributed by atoms with Gasteiger partial charge in [0.2, 0.25) is 0 Å². The van der Waals surface area contributed by atoms with E-state index in [1.54, 1.807) is 0 Å². The molecule has 0 atom stereocenters. The van der Waals surface area contributed by atoms with Crippen LogP contribution in [0.2, 0.25) is 0 Å². The molecule has 0 aliphatic heterocycles. The monoisotopic (exact) mass is 399 g/mol. The quantitative estimate of drug-likeness (QED) is 0.735. The number of anilines is 1. The lowest BCUT2D eigenvalue weighted by molar-refractivity contribution is 0.102. The molecule has 0 aliphatic rings. The Bertz CT molecular complexity index is 614. The first-order valence-electron chi connectivity index (χ1n) is 6.01. The smallest absolute Gasteiger partial charge is 0.256 e. The maximum Gasteiger partial charge on any atom is 0.256 e. The number of nitrogens with one attached hydrogen (secondary N) is 1. The number of hydrogen-bond acceptors (Lipinski definition) is 1. The molecule has 0 saturated carbocycles. The van der Waals surface area contributed by atoms with Crippen molar-refractivity contribution < 1.29 is 9.18 Å². The van der Waals surface area contributed by atoms with Gasteiger partial charge in [-0.05, 0) is 58.2 Å². The van der Waals surface area contributed by atoms with Gasteiger partial charge in [-0.3, -0.25) is 4.79 Å². The van der Waals surface area contributed by atoms with Crippen LogP contribution in [0.4, 0.5) is 10.1 Å². The van der Waals surface area contributed by atoms with E-state index >= 15 is 0 Å². The van der Waals surface area contributed by atoms with E-state index in [2.05, 4.69) is 37.2 Å². The Morgan fingerprint density at radius 3 is 2.45 bits per heavy atom. The Labute approximate surface area is 133 Å². The van der Waals surface area contributed by atoms with Gasteiger partial charge in [0.1, 0.15) is 5.82 Å². The van der Waals surface area contributed by atoms with Gasteiger partial charge >= 0.3 is 0 Å². The van der Waals surface area contributed by atoms with Crippen LogP contribution in [-0.2, 0) is 6.42 Å². The molecular formula is C15H12Br2FNO. The van der Waals surface area contributed by atoms with E-state index in [0.717, 1.165) is 11.8 Å². The molecule has 20 heavy (non-hydrogen) atoms. The van der Waals surface area contributed by atoms with Gasteiger partial charge in [-0.1, -0.05) is 28.1 Å². The molecule has 5 heteroatoms. The summed E-state index contributed by atoms with van der Waals surface area (Å²) in [6.07, 6.45) is 0.942. The van der Waals surface area contributed by atoms with E-state index in [4.69, 9.17) is 0 Å². The van der Waals surface area contributed by atoms with Crippen molar-refractivity contribution in [2.75, 3.05) is 10.6 Å². The molecule has 2 rings (SSSR count). The normalized spacial score (nSPS) is 10.3. The first-order chi connectivity index (χ1) is 9.60. The van der Waals surface area contributed by atoms with E-state index in [1.807, 2.05) is 24.3 Å². The first kappa shape index (κ1) is 15.2. The number of carbonyl (C=O) groups is 1. The summed E-state index contributed by atoms with van der Waals surface area (Å²) in [5.41, 5.74) is 2.31. The van der Waals surface area contributed by atoms with E-state index in [1.165, 1.54) is 23.8 Å². The van der Waals surface area contributed by atoms with Gasteiger partial charge in [-0.25, -0.2) is 4.39 Å². The zero-order valence-electron chi connectivity index (χ0n) is 10.5. The summed E-state index contributed by atoms with van der Waals surface area (Å²) in [6, 6.07) is 11.6. The molecule has 0 bridgehead atoms. The van der Waals surface area contributed by atoms with Crippen molar-refractivity contribution in [3.63, 3.8) is 0 Å². The van der Waals surface area contributed by atoms with E-state index in [9.17, 15) is 9.18 Å². The SMILES string of the molecule is O=C(Nc1ccc(CCBr)cc1)c1ccc(F)cc1Br. The van der Waals surface area contributed by atoms with Gasteiger partial charge in [-0.2, -0.15) is 0 Å². The lowest BCUT2D eigenvalue weighted by Crippen LogP contribution is -2.12.